The van der Waals surface area contributed by atoms with Crippen LogP contribution in [-0.4, -0.2) is 69.2 Å². The summed E-state index contributed by atoms with van der Waals surface area (Å²) in [6.45, 7) is 5.25. The van der Waals surface area contributed by atoms with Crippen molar-refractivity contribution in [1.82, 2.24) is 24.5 Å². The summed E-state index contributed by atoms with van der Waals surface area (Å²) in [7, 11) is 3.11. The van der Waals surface area contributed by atoms with Crippen LogP contribution in [0.2, 0.25) is 0 Å². The Morgan fingerprint density at radius 1 is 1.26 bits per heavy atom. The molecule has 12 nitrogen and oxygen atoms in total. The maximum Gasteiger partial charge on any atom is 0.415 e. The monoisotopic (exact) mass is 541 g/mol. The predicted molar refractivity (Wildman–Crippen MR) is 141 cm³/mol. The Balaban J connectivity index is 1.54. The first kappa shape index (κ1) is 26.6. The van der Waals surface area contributed by atoms with Crippen LogP contribution >= 0.6 is 0 Å². The summed E-state index contributed by atoms with van der Waals surface area (Å²) in [4.78, 5) is 44.9. The number of pyridine rings is 1. The molecular weight excluding hydrogens is 509 g/mol. The van der Waals surface area contributed by atoms with Crippen molar-refractivity contribution >= 4 is 35.0 Å². The number of fused-ring (bicyclic) bond motifs is 1. The van der Waals surface area contributed by atoms with Crippen LogP contribution in [0.3, 0.4) is 0 Å². The van der Waals surface area contributed by atoms with Gasteiger partial charge < -0.3 is 24.7 Å². The molecule has 0 aromatic carbocycles. The number of rotatable bonds is 7. The number of methoxy groups -OCH3 is 1. The van der Waals surface area contributed by atoms with E-state index < -0.39 is 35.4 Å². The molecule has 39 heavy (non-hydrogen) atoms. The number of alkyl halides is 1. The van der Waals surface area contributed by atoms with Crippen molar-refractivity contribution in [2.24, 2.45) is 0 Å². The largest absolute Gasteiger partial charge is 0.443 e. The van der Waals surface area contributed by atoms with E-state index in [0.717, 1.165) is 12.8 Å². The van der Waals surface area contributed by atoms with Crippen LogP contribution in [0.4, 0.5) is 26.5 Å². The SMILES string of the molecule is CO[C@@H]1CCC1NC(=O)c1cnn2c(N(C)C(=O)OC(C)(C)C)cc(Nc3cccn(C4C[C@H]4F)c3=O)nc12. The molecule has 0 spiro atoms. The molecule has 2 N–H and O–H groups in total. The third-order valence-electron chi connectivity index (χ3n) is 6.81. The number of carbonyl (C=O) groups excluding carboxylic acids is 2. The molecule has 2 aliphatic carbocycles. The topological polar surface area (TPSA) is 132 Å². The minimum atomic E-state index is -1.05. The number of amides is 2. The van der Waals surface area contributed by atoms with Gasteiger partial charge in [0.15, 0.2) is 5.65 Å². The Labute approximate surface area is 224 Å². The first-order valence-corrected chi connectivity index (χ1v) is 12.8. The predicted octanol–water partition coefficient (Wildman–Crippen LogP) is 3.20. The summed E-state index contributed by atoms with van der Waals surface area (Å²) in [5.74, 6) is 0.0388. The summed E-state index contributed by atoms with van der Waals surface area (Å²) in [5, 5.41) is 10.3. The molecular formula is C26H32FN7O5. The van der Waals surface area contributed by atoms with Crippen molar-refractivity contribution in [3.63, 3.8) is 0 Å². The van der Waals surface area contributed by atoms with E-state index in [1.54, 1.807) is 46.2 Å². The van der Waals surface area contributed by atoms with Crippen LogP contribution in [0.25, 0.3) is 5.65 Å². The van der Waals surface area contributed by atoms with Gasteiger partial charge in [0.2, 0.25) is 0 Å². The van der Waals surface area contributed by atoms with Gasteiger partial charge in [0, 0.05) is 32.8 Å². The van der Waals surface area contributed by atoms with Crippen LogP contribution in [0.15, 0.2) is 35.4 Å². The van der Waals surface area contributed by atoms with Gasteiger partial charge in [-0.2, -0.15) is 9.61 Å². The van der Waals surface area contributed by atoms with E-state index in [9.17, 15) is 18.8 Å². The molecule has 3 aromatic rings. The number of hydrogen-bond acceptors (Lipinski definition) is 8. The molecule has 2 unspecified atom stereocenters. The molecule has 4 atom stereocenters. The maximum absolute atomic E-state index is 13.7. The van der Waals surface area contributed by atoms with Crippen LogP contribution in [-0.2, 0) is 9.47 Å². The van der Waals surface area contributed by atoms with Gasteiger partial charge in [-0.15, -0.1) is 0 Å². The van der Waals surface area contributed by atoms with E-state index in [1.807, 2.05) is 0 Å². The van der Waals surface area contributed by atoms with Crippen LogP contribution in [0.1, 0.15) is 56.4 Å². The normalized spacial score (nSPS) is 22.2. The third kappa shape index (κ3) is 5.31. The lowest BCUT2D eigenvalue weighted by Gasteiger charge is -2.35. The molecule has 13 heteroatoms. The second-order valence-corrected chi connectivity index (χ2v) is 10.8. The van der Waals surface area contributed by atoms with Crippen molar-refractivity contribution in [2.45, 2.75) is 70.0 Å². The highest BCUT2D eigenvalue weighted by atomic mass is 19.1. The Hall–Kier alpha value is -4.00. The third-order valence-corrected chi connectivity index (χ3v) is 6.81. The molecule has 2 aliphatic rings. The number of halogens is 1. The van der Waals surface area contributed by atoms with E-state index in [2.05, 4.69) is 20.7 Å². The molecule has 0 aliphatic heterocycles. The molecule has 3 heterocycles. The minimum Gasteiger partial charge on any atom is -0.443 e. The van der Waals surface area contributed by atoms with Gasteiger partial charge >= 0.3 is 6.09 Å². The van der Waals surface area contributed by atoms with Gasteiger partial charge in [-0.05, 0) is 45.7 Å². The van der Waals surface area contributed by atoms with Gasteiger partial charge in [0.1, 0.15) is 34.7 Å². The quantitative estimate of drug-likeness (QED) is 0.466. The molecule has 3 aromatic heterocycles. The van der Waals surface area contributed by atoms with Crippen LogP contribution in [0, 0.1) is 0 Å². The lowest BCUT2D eigenvalue weighted by molar-refractivity contribution is 0.00732. The minimum absolute atomic E-state index is 0.0644. The first-order chi connectivity index (χ1) is 18.5. The summed E-state index contributed by atoms with van der Waals surface area (Å²) < 4.78 is 27.3. The summed E-state index contributed by atoms with van der Waals surface area (Å²) in [5.41, 5.74) is -0.641. The van der Waals surface area contributed by atoms with Crippen molar-refractivity contribution in [3.8, 4) is 0 Å². The van der Waals surface area contributed by atoms with E-state index in [0.29, 0.717) is 0 Å². The summed E-state index contributed by atoms with van der Waals surface area (Å²) in [6, 6.07) is 4.10. The number of nitrogens with zero attached hydrogens (tertiary/aromatic N) is 5. The van der Waals surface area contributed by atoms with Gasteiger partial charge in [-0.1, -0.05) is 0 Å². The zero-order chi connectivity index (χ0) is 28.1. The molecule has 5 rings (SSSR count). The fourth-order valence-corrected chi connectivity index (χ4v) is 4.44. The van der Waals surface area contributed by atoms with Gasteiger partial charge in [0.25, 0.3) is 11.5 Å². The van der Waals surface area contributed by atoms with Crippen LogP contribution in [0.5, 0.6) is 0 Å². The molecule has 2 amide bonds. The number of ether oxygens (including phenoxy) is 2. The molecule has 0 bridgehead atoms. The highest BCUT2D eigenvalue weighted by Gasteiger charge is 2.40. The highest BCUT2D eigenvalue weighted by molar-refractivity contribution is 6.00. The maximum atomic E-state index is 13.7. The highest BCUT2D eigenvalue weighted by Crippen LogP contribution is 2.38. The van der Waals surface area contributed by atoms with E-state index in [-0.39, 0.29) is 47.1 Å². The van der Waals surface area contributed by atoms with Crippen molar-refractivity contribution in [2.75, 3.05) is 24.4 Å². The number of aromatic nitrogens is 4. The standard InChI is InChI=1S/C26H32FN7O5/c1-26(2,3)39-25(37)32(4)21-12-20(29-17-7-6-10-33(24(17)36)18-11-15(18)27)31-22-14(13-28-34(21)22)23(35)30-16-8-9-19(16)38-5/h6-7,10,12-13,15-16,18-19H,8-9,11H2,1-5H3,(H,29,31)(H,30,35)/t15-,16?,18?,19-/m1/s1. The Morgan fingerprint density at radius 3 is 2.62 bits per heavy atom. The summed E-state index contributed by atoms with van der Waals surface area (Å²) >= 11 is 0. The number of anilines is 3. The molecule has 2 fully saturated rings. The smallest absolute Gasteiger partial charge is 0.415 e. The number of hydrogen-bond donors (Lipinski definition) is 2. The van der Waals surface area contributed by atoms with Gasteiger partial charge in [-0.3, -0.25) is 14.5 Å². The fraction of sp³-hybridized carbons (Fsp3) is 0.500. The van der Waals surface area contributed by atoms with Crippen molar-refractivity contribution in [1.29, 1.82) is 0 Å². The van der Waals surface area contributed by atoms with E-state index in [1.165, 1.54) is 33.3 Å². The number of carbonyl (C=O) groups is 2. The lowest BCUT2D eigenvalue weighted by atomic mass is 9.89. The number of nitrogens with one attached hydrogen (secondary N) is 2. The fourth-order valence-electron chi connectivity index (χ4n) is 4.44. The molecule has 2 saturated carbocycles. The summed E-state index contributed by atoms with van der Waals surface area (Å²) in [6.07, 6.45) is 3.08. The lowest BCUT2D eigenvalue weighted by Crippen LogP contribution is -2.51. The molecule has 208 valence electrons. The second kappa shape index (κ2) is 9.95. The van der Waals surface area contributed by atoms with Crippen LogP contribution < -0.4 is 21.1 Å². The Morgan fingerprint density at radius 2 is 2.00 bits per heavy atom. The second-order valence-electron chi connectivity index (χ2n) is 10.8. The Bertz CT molecular complexity index is 1480. The molecule has 0 saturated heterocycles. The Kier molecular flexibility index (Phi) is 6.79. The van der Waals surface area contributed by atoms with E-state index in [4.69, 9.17) is 9.47 Å². The van der Waals surface area contributed by atoms with Crippen molar-refractivity contribution in [3.05, 3.63) is 46.5 Å². The zero-order valence-corrected chi connectivity index (χ0v) is 22.5. The van der Waals surface area contributed by atoms with Gasteiger partial charge in [0.05, 0.1) is 24.4 Å². The average molecular weight is 542 g/mol. The zero-order valence-electron chi connectivity index (χ0n) is 22.5. The molecule has 0 radical (unpaired) electrons. The van der Waals surface area contributed by atoms with Crippen molar-refractivity contribution < 1.29 is 23.5 Å². The van der Waals surface area contributed by atoms with E-state index >= 15 is 0 Å². The first-order valence-electron chi connectivity index (χ1n) is 12.8. The average Bonchev–Trinajstić information content (AvgIpc) is 3.42. The van der Waals surface area contributed by atoms with Gasteiger partial charge in [-0.25, -0.2) is 14.2 Å².